The first-order valence-electron chi connectivity index (χ1n) is 8.73. The van der Waals surface area contributed by atoms with Gasteiger partial charge in [-0.05, 0) is 35.4 Å². The Morgan fingerprint density at radius 1 is 1.00 bits per heavy atom. The van der Waals surface area contributed by atoms with Crippen LogP contribution >= 0.6 is 0 Å². The summed E-state index contributed by atoms with van der Waals surface area (Å²) in [5, 5.41) is 3.44. The molecule has 3 aromatic rings. The molecule has 1 aliphatic rings. The fourth-order valence-corrected chi connectivity index (χ4v) is 3.11. The van der Waals surface area contributed by atoms with E-state index in [9.17, 15) is 4.39 Å². The Hall–Kier alpha value is -3.01. The number of nitrogens with one attached hydrogen (secondary N) is 1. The lowest BCUT2D eigenvalue weighted by Crippen LogP contribution is -2.02. The first-order valence-corrected chi connectivity index (χ1v) is 8.73. The van der Waals surface area contributed by atoms with Gasteiger partial charge in [0, 0.05) is 30.3 Å². The average Bonchev–Trinajstić information content (AvgIpc) is 3.15. The molecule has 0 saturated heterocycles. The van der Waals surface area contributed by atoms with Crippen molar-refractivity contribution >= 4 is 5.69 Å². The van der Waals surface area contributed by atoms with E-state index in [4.69, 9.17) is 9.47 Å². The molecule has 0 unspecified atom stereocenters. The minimum Gasteiger partial charge on any atom is -0.493 e. The van der Waals surface area contributed by atoms with Crippen LogP contribution in [0.2, 0.25) is 0 Å². The second-order valence-corrected chi connectivity index (χ2v) is 6.30. The lowest BCUT2D eigenvalue weighted by molar-refractivity contribution is 0.304. The summed E-state index contributed by atoms with van der Waals surface area (Å²) >= 11 is 0. The van der Waals surface area contributed by atoms with E-state index in [0.717, 1.165) is 30.0 Å². The van der Waals surface area contributed by atoms with Crippen molar-refractivity contribution in [2.24, 2.45) is 0 Å². The molecule has 4 rings (SSSR count). The van der Waals surface area contributed by atoms with Gasteiger partial charge in [-0.1, -0.05) is 36.4 Å². The number of hydrogen-bond acceptors (Lipinski definition) is 3. The van der Waals surface area contributed by atoms with Gasteiger partial charge in [0.05, 0.1) is 6.61 Å². The second-order valence-electron chi connectivity index (χ2n) is 6.30. The first-order chi connectivity index (χ1) is 12.8. The van der Waals surface area contributed by atoms with E-state index in [0.29, 0.717) is 18.9 Å². The summed E-state index contributed by atoms with van der Waals surface area (Å²) in [5.74, 6) is 1.25. The van der Waals surface area contributed by atoms with Crippen LogP contribution in [0, 0.1) is 5.82 Å². The highest BCUT2D eigenvalue weighted by Gasteiger charge is 2.15. The molecule has 0 bridgehead atoms. The molecule has 0 fully saturated rings. The smallest absolute Gasteiger partial charge is 0.127 e. The Morgan fingerprint density at radius 2 is 1.88 bits per heavy atom. The van der Waals surface area contributed by atoms with Gasteiger partial charge < -0.3 is 14.8 Å². The average molecular weight is 349 g/mol. The summed E-state index contributed by atoms with van der Waals surface area (Å²) in [6.45, 7) is 1.86. The molecule has 132 valence electrons. The molecule has 0 amide bonds. The summed E-state index contributed by atoms with van der Waals surface area (Å²) in [6.07, 6.45) is 0.982. The number of benzene rings is 3. The van der Waals surface area contributed by atoms with E-state index in [1.165, 1.54) is 23.3 Å². The van der Waals surface area contributed by atoms with Crippen LogP contribution in [0.25, 0.3) is 0 Å². The Balaban J connectivity index is 1.39. The van der Waals surface area contributed by atoms with E-state index in [-0.39, 0.29) is 5.82 Å². The van der Waals surface area contributed by atoms with Crippen molar-refractivity contribution in [3.63, 3.8) is 0 Å². The molecule has 0 aliphatic carbocycles. The molecule has 0 saturated carbocycles. The van der Waals surface area contributed by atoms with E-state index >= 15 is 0 Å². The zero-order valence-electron chi connectivity index (χ0n) is 14.4. The van der Waals surface area contributed by atoms with Gasteiger partial charge in [-0.2, -0.15) is 0 Å². The summed E-state index contributed by atoms with van der Waals surface area (Å²) in [5.41, 5.74) is 4.48. The molecule has 0 atom stereocenters. The SMILES string of the molecule is Fc1cccc(OCc2cccc(NCc3cccc4c3OCC4)c2)c1. The number of halogens is 1. The van der Waals surface area contributed by atoms with Crippen LogP contribution in [0.4, 0.5) is 10.1 Å². The van der Waals surface area contributed by atoms with Gasteiger partial charge in [0.2, 0.25) is 0 Å². The molecule has 0 aromatic heterocycles. The van der Waals surface area contributed by atoms with Crippen LogP contribution in [0.3, 0.4) is 0 Å². The third kappa shape index (κ3) is 3.80. The van der Waals surface area contributed by atoms with Crippen molar-refractivity contribution in [2.75, 3.05) is 11.9 Å². The quantitative estimate of drug-likeness (QED) is 0.683. The van der Waals surface area contributed by atoms with Crippen LogP contribution in [0.15, 0.2) is 66.7 Å². The Morgan fingerprint density at radius 3 is 2.81 bits per heavy atom. The van der Waals surface area contributed by atoms with Crippen molar-refractivity contribution in [2.45, 2.75) is 19.6 Å². The number of rotatable bonds is 6. The highest BCUT2D eigenvalue weighted by atomic mass is 19.1. The monoisotopic (exact) mass is 349 g/mol. The maximum absolute atomic E-state index is 13.2. The van der Waals surface area contributed by atoms with Gasteiger partial charge in [-0.15, -0.1) is 0 Å². The molecule has 3 nitrogen and oxygen atoms in total. The fraction of sp³-hybridized carbons (Fsp3) is 0.182. The lowest BCUT2D eigenvalue weighted by atomic mass is 10.1. The molecule has 0 spiro atoms. The number of anilines is 1. The number of ether oxygens (including phenoxy) is 2. The topological polar surface area (TPSA) is 30.5 Å². The van der Waals surface area contributed by atoms with Crippen LogP contribution in [0.1, 0.15) is 16.7 Å². The molecule has 4 heteroatoms. The maximum Gasteiger partial charge on any atom is 0.127 e. The van der Waals surface area contributed by atoms with Crippen molar-refractivity contribution in [3.8, 4) is 11.5 Å². The Kier molecular flexibility index (Phi) is 4.73. The number of fused-ring (bicyclic) bond motifs is 1. The predicted molar refractivity (Wildman–Crippen MR) is 100 cm³/mol. The summed E-state index contributed by atoms with van der Waals surface area (Å²) in [6, 6.07) is 20.5. The van der Waals surface area contributed by atoms with Gasteiger partial charge in [-0.3, -0.25) is 0 Å². The third-order valence-electron chi connectivity index (χ3n) is 4.41. The molecule has 1 aliphatic heterocycles. The van der Waals surface area contributed by atoms with E-state index in [2.05, 4.69) is 23.5 Å². The summed E-state index contributed by atoms with van der Waals surface area (Å²) in [7, 11) is 0. The summed E-state index contributed by atoms with van der Waals surface area (Å²) in [4.78, 5) is 0. The molecule has 1 heterocycles. The minimum absolute atomic E-state index is 0.296. The van der Waals surface area contributed by atoms with E-state index in [1.807, 2.05) is 24.3 Å². The number of hydrogen-bond donors (Lipinski definition) is 1. The standard InChI is InChI=1S/C22H20FNO2/c23-19-7-3-9-21(13-19)26-15-16-4-1-8-20(12-16)24-14-18-6-2-5-17-10-11-25-22(17)18/h1-9,12-13,24H,10-11,14-15H2. The third-order valence-corrected chi connectivity index (χ3v) is 4.41. The molecule has 3 aromatic carbocycles. The van der Waals surface area contributed by atoms with Crippen molar-refractivity contribution in [1.29, 1.82) is 0 Å². The van der Waals surface area contributed by atoms with E-state index < -0.39 is 0 Å². The van der Waals surface area contributed by atoms with Gasteiger partial charge in [0.15, 0.2) is 0 Å². The summed E-state index contributed by atoms with van der Waals surface area (Å²) < 4.78 is 24.6. The van der Waals surface area contributed by atoms with Crippen molar-refractivity contribution in [1.82, 2.24) is 0 Å². The van der Waals surface area contributed by atoms with Crippen LogP contribution < -0.4 is 14.8 Å². The Labute approximate surface area is 152 Å². The van der Waals surface area contributed by atoms with E-state index in [1.54, 1.807) is 12.1 Å². The second kappa shape index (κ2) is 7.48. The fourth-order valence-electron chi connectivity index (χ4n) is 3.11. The lowest BCUT2D eigenvalue weighted by Gasteiger charge is -2.12. The van der Waals surface area contributed by atoms with Gasteiger partial charge in [0.25, 0.3) is 0 Å². The minimum atomic E-state index is -0.296. The van der Waals surface area contributed by atoms with Crippen LogP contribution in [-0.4, -0.2) is 6.61 Å². The van der Waals surface area contributed by atoms with Crippen molar-refractivity contribution in [3.05, 3.63) is 89.2 Å². The first kappa shape index (κ1) is 16.5. The number of para-hydroxylation sites is 1. The molecule has 26 heavy (non-hydrogen) atoms. The zero-order valence-corrected chi connectivity index (χ0v) is 14.4. The molecule has 0 radical (unpaired) electrons. The van der Waals surface area contributed by atoms with Gasteiger partial charge in [-0.25, -0.2) is 4.39 Å². The highest BCUT2D eigenvalue weighted by Crippen LogP contribution is 2.30. The van der Waals surface area contributed by atoms with Gasteiger partial charge >= 0.3 is 0 Å². The normalized spacial score (nSPS) is 12.3. The largest absolute Gasteiger partial charge is 0.493 e. The van der Waals surface area contributed by atoms with Crippen molar-refractivity contribution < 1.29 is 13.9 Å². The maximum atomic E-state index is 13.2. The van der Waals surface area contributed by atoms with Crippen LogP contribution in [0.5, 0.6) is 11.5 Å². The van der Waals surface area contributed by atoms with Gasteiger partial charge in [0.1, 0.15) is 23.9 Å². The molecule has 1 N–H and O–H groups in total. The predicted octanol–water partition coefficient (Wildman–Crippen LogP) is 4.95. The molecular weight excluding hydrogens is 329 g/mol. The highest BCUT2D eigenvalue weighted by molar-refractivity contribution is 5.49. The van der Waals surface area contributed by atoms with Crippen LogP contribution in [-0.2, 0) is 19.6 Å². The Bertz CT molecular complexity index is 910. The molecular formula is C22H20FNO2. The zero-order chi connectivity index (χ0) is 17.8.